The minimum Gasteiger partial charge on any atom is -0.813 e. The quantitative estimate of drug-likeness (QED) is 0.235. The van der Waals surface area contributed by atoms with E-state index in [0.717, 1.165) is 11.5 Å². The molecule has 0 aromatic heterocycles. The molecule has 0 atom stereocenters. The molecule has 0 bridgehead atoms. The van der Waals surface area contributed by atoms with Gasteiger partial charge in [0, 0.05) is 0 Å². The van der Waals surface area contributed by atoms with Crippen molar-refractivity contribution < 1.29 is 34.3 Å². The van der Waals surface area contributed by atoms with Crippen molar-refractivity contribution in [3.8, 4) is 5.75 Å². The molecule has 1 aromatic rings. The van der Waals surface area contributed by atoms with Crippen LogP contribution in [0.3, 0.4) is 0 Å². The van der Waals surface area contributed by atoms with Gasteiger partial charge in [-0.05, 0) is 23.4 Å². The van der Waals surface area contributed by atoms with Crippen LogP contribution in [-0.4, -0.2) is 11.8 Å². The Kier molecular flexibility index (Phi) is 12.7. The molecule has 0 saturated carbocycles. The average Bonchev–Trinajstić information content (AvgIpc) is 2.15. The molecule has 0 heterocycles. The van der Waals surface area contributed by atoms with Crippen molar-refractivity contribution in [2.75, 3.05) is 7.11 Å². The Labute approximate surface area is 124 Å². The molecular weight excluding hydrogens is 243 g/mol. The zero-order valence-corrected chi connectivity index (χ0v) is 12.7. The molecule has 1 aromatic carbocycles. The molecule has 0 aliphatic heterocycles. The maximum absolute atomic E-state index is 5.03. The predicted octanol–water partition coefficient (Wildman–Crippen LogP) is -0.504. The number of hydrogen-bond donors (Lipinski definition) is 0. The van der Waals surface area contributed by atoms with Crippen molar-refractivity contribution in [2.45, 2.75) is 5.75 Å². The van der Waals surface area contributed by atoms with Gasteiger partial charge in [0.25, 0.3) is 0 Å². The molecule has 0 unspecified atom stereocenters. The van der Waals surface area contributed by atoms with Gasteiger partial charge in [0.05, 0.1) is 7.11 Å². The molecule has 1 nitrogen and oxygen atoms in total. The largest absolute Gasteiger partial charge is 1.00 e. The summed E-state index contributed by atoms with van der Waals surface area (Å²) in [5, 5.41) is 0. The van der Waals surface area contributed by atoms with E-state index in [1.54, 1.807) is 7.11 Å². The van der Waals surface area contributed by atoms with Crippen LogP contribution >= 0.6 is 24.0 Å². The molecule has 0 fully saturated rings. The number of thioether (sulfide) groups is 1. The fourth-order valence-electron chi connectivity index (χ4n) is 0.835. The maximum atomic E-state index is 5.03. The Bertz CT molecular complexity index is 251. The van der Waals surface area contributed by atoms with E-state index in [-0.39, 0.29) is 43.1 Å². The van der Waals surface area contributed by atoms with Gasteiger partial charge in [-0.3, -0.25) is 0 Å². The van der Waals surface area contributed by atoms with Gasteiger partial charge in [0.2, 0.25) is 0 Å². The first-order chi connectivity index (χ1) is 5.86. The van der Waals surface area contributed by atoms with Gasteiger partial charge in [-0.2, -0.15) is 0 Å². The summed E-state index contributed by atoms with van der Waals surface area (Å²) in [6, 6.07) is 7.94. The number of methoxy groups -OCH3 is 1. The van der Waals surface area contributed by atoms with Crippen LogP contribution in [0.4, 0.5) is 0 Å². The molecule has 0 saturated heterocycles. The summed E-state index contributed by atoms with van der Waals surface area (Å²) in [4.78, 5) is 0. The zero-order chi connectivity index (χ0) is 8.81. The molecule has 0 aliphatic carbocycles. The summed E-state index contributed by atoms with van der Waals surface area (Å²) in [6.45, 7) is 0. The zero-order valence-electron chi connectivity index (χ0n) is 8.19. The van der Waals surface area contributed by atoms with Gasteiger partial charge < -0.3 is 46.9 Å². The summed E-state index contributed by atoms with van der Waals surface area (Å²) < 4.78 is 7.64. The van der Waals surface area contributed by atoms with Gasteiger partial charge in [0.1, 0.15) is 5.75 Å². The smallest absolute Gasteiger partial charge is 0.813 e. The second kappa shape index (κ2) is 10.3. The molecule has 1 rings (SSSR count). The normalized spacial score (nSPS) is 8.07. The number of hydrogen-bond acceptors (Lipinski definition) is 4. The summed E-state index contributed by atoms with van der Waals surface area (Å²) in [5.74, 6) is 1.77. The SMILES string of the molecule is COc1ccc(CS[C-]=S)cc1.[Na+].[SH-]. The van der Waals surface area contributed by atoms with Gasteiger partial charge in [-0.15, -0.1) is 0 Å². The minimum absolute atomic E-state index is 0. The van der Waals surface area contributed by atoms with Crippen LogP contribution in [0.15, 0.2) is 24.3 Å². The first-order valence-electron chi connectivity index (χ1n) is 3.48. The summed E-state index contributed by atoms with van der Waals surface area (Å²) in [7, 11) is 1.66. The van der Waals surface area contributed by atoms with Crippen molar-refractivity contribution in [1.82, 2.24) is 0 Å². The van der Waals surface area contributed by atoms with E-state index in [1.807, 2.05) is 24.3 Å². The summed E-state index contributed by atoms with van der Waals surface area (Å²) in [5.41, 5.74) is 1.23. The number of rotatable bonds is 4. The number of ether oxygens (including phenoxy) is 1. The molecule has 5 heteroatoms. The van der Waals surface area contributed by atoms with E-state index in [1.165, 1.54) is 17.3 Å². The standard InChI is InChI=1S/C9H9OS2.Na.H2S/c1-10-9-4-2-8(3-5-9)6-12-7-11;;/h2-5H,6H2,1H3;;1H2/q-1;+1;/p-1. The van der Waals surface area contributed by atoms with Gasteiger partial charge in [-0.1, -0.05) is 12.1 Å². The van der Waals surface area contributed by atoms with Gasteiger partial charge in [0.15, 0.2) is 0 Å². The van der Waals surface area contributed by atoms with Crippen LogP contribution in [0, 0.1) is 0 Å². The average molecular weight is 253 g/mol. The van der Waals surface area contributed by atoms with E-state index in [2.05, 4.69) is 16.9 Å². The van der Waals surface area contributed by atoms with Gasteiger partial charge >= 0.3 is 29.6 Å². The van der Waals surface area contributed by atoms with E-state index >= 15 is 0 Å². The third kappa shape index (κ3) is 6.32. The van der Waals surface area contributed by atoms with Crippen LogP contribution in [0.5, 0.6) is 5.75 Å². The second-order valence-electron chi connectivity index (χ2n) is 2.22. The van der Waals surface area contributed by atoms with Crippen LogP contribution < -0.4 is 34.3 Å². The third-order valence-electron chi connectivity index (χ3n) is 1.46. The van der Waals surface area contributed by atoms with Crippen molar-refractivity contribution in [3.05, 3.63) is 29.8 Å². The first-order valence-corrected chi connectivity index (χ1v) is 4.88. The topological polar surface area (TPSA) is 9.23 Å². The monoisotopic (exact) mass is 253 g/mol. The van der Waals surface area contributed by atoms with Crippen molar-refractivity contribution in [3.63, 3.8) is 0 Å². The minimum atomic E-state index is 0. The van der Waals surface area contributed by atoms with Crippen molar-refractivity contribution >= 4 is 42.2 Å². The predicted molar refractivity (Wildman–Crippen MR) is 65.6 cm³/mol. The Hall–Kier alpha value is 0.810. The summed E-state index contributed by atoms with van der Waals surface area (Å²) in [6.07, 6.45) is 0. The number of benzene rings is 1. The Morgan fingerprint density at radius 3 is 2.36 bits per heavy atom. The Morgan fingerprint density at radius 2 is 1.93 bits per heavy atom. The summed E-state index contributed by atoms with van der Waals surface area (Å²) >= 11 is 6.09. The van der Waals surface area contributed by atoms with E-state index in [4.69, 9.17) is 4.74 Å². The van der Waals surface area contributed by atoms with E-state index < -0.39 is 0 Å². The molecule has 72 valence electrons. The second-order valence-corrected chi connectivity index (χ2v) is 3.46. The van der Waals surface area contributed by atoms with Crippen LogP contribution in [0.2, 0.25) is 0 Å². The molecule has 14 heavy (non-hydrogen) atoms. The van der Waals surface area contributed by atoms with Crippen LogP contribution in [0.1, 0.15) is 5.56 Å². The molecular formula is C9H10NaOS3-. The fraction of sp³-hybridized carbons (Fsp3) is 0.222. The fourth-order valence-corrected chi connectivity index (χ4v) is 1.43. The molecule has 0 radical (unpaired) electrons. The first kappa shape index (κ1) is 17.2. The molecule has 0 spiro atoms. The molecule has 0 aliphatic rings. The van der Waals surface area contributed by atoms with Crippen molar-refractivity contribution in [1.29, 1.82) is 0 Å². The maximum Gasteiger partial charge on any atom is 1.00 e. The third-order valence-corrected chi connectivity index (χ3v) is 2.41. The van der Waals surface area contributed by atoms with Crippen LogP contribution in [0.25, 0.3) is 0 Å². The molecule has 0 amide bonds. The Morgan fingerprint density at radius 1 is 1.36 bits per heavy atom. The number of thiol groups is 1. The van der Waals surface area contributed by atoms with E-state index in [0.29, 0.717) is 0 Å². The number of thiocarbonyl (C=S) groups is 1. The van der Waals surface area contributed by atoms with Crippen LogP contribution in [-0.2, 0) is 19.2 Å². The Balaban J connectivity index is 0. The van der Waals surface area contributed by atoms with E-state index in [9.17, 15) is 0 Å². The molecule has 0 N–H and O–H groups in total. The van der Waals surface area contributed by atoms with Crippen molar-refractivity contribution in [2.24, 2.45) is 0 Å². The van der Waals surface area contributed by atoms with Gasteiger partial charge in [-0.25, -0.2) is 0 Å².